The maximum Gasteiger partial charge on any atom is 0.116 e. The molecule has 1 aromatic carbocycles. The van der Waals surface area contributed by atoms with Crippen molar-refractivity contribution in [2.75, 3.05) is 5.43 Å². The van der Waals surface area contributed by atoms with E-state index in [2.05, 4.69) is 26.9 Å². The molecule has 0 saturated heterocycles. The average Bonchev–Trinajstić information content (AvgIpc) is 2.65. The smallest absolute Gasteiger partial charge is 0.116 e. The van der Waals surface area contributed by atoms with Gasteiger partial charge < -0.3 is 5.43 Å². The standard InChI is InChI=1S/C9H8N4/c1-2-8-7(4-10-5-11-8)9-6(1)3-12-13-9/h1-2,4-5,12-13H,3H2. The van der Waals surface area contributed by atoms with E-state index < -0.39 is 0 Å². The summed E-state index contributed by atoms with van der Waals surface area (Å²) in [6.45, 7) is 0.861. The van der Waals surface area contributed by atoms with Gasteiger partial charge in [0, 0.05) is 18.1 Å². The number of nitrogens with one attached hydrogen (secondary N) is 2. The average molecular weight is 172 g/mol. The third kappa shape index (κ3) is 0.891. The Morgan fingerprint density at radius 3 is 3.31 bits per heavy atom. The van der Waals surface area contributed by atoms with Crippen molar-refractivity contribution in [3.05, 3.63) is 30.2 Å². The monoisotopic (exact) mass is 172 g/mol. The van der Waals surface area contributed by atoms with Gasteiger partial charge in [-0.1, -0.05) is 6.07 Å². The van der Waals surface area contributed by atoms with E-state index in [0.717, 1.165) is 23.1 Å². The molecule has 0 saturated carbocycles. The summed E-state index contributed by atoms with van der Waals surface area (Å²) >= 11 is 0. The fourth-order valence-electron chi connectivity index (χ4n) is 1.62. The van der Waals surface area contributed by atoms with E-state index in [9.17, 15) is 0 Å². The number of fused-ring (bicyclic) bond motifs is 3. The number of benzene rings is 1. The molecule has 2 heterocycles. The fraction of sp³-hybridized carbons (Fsp3) is 0.111. The Bertz CT molecular complexity index is 466. The summed E-state index contributed by atoms with van der Waals surface area (Å²) in [4.78, 5) is 8.19. The Balaban J connectivity index is 2.43. The third-order valence-electron chi connectivity index (χ3n) is 2.27. The van der Waals surface area contributed by atoms with Crippen LogP contribution in [0.1, 0.15) is 5.56 Å². The Hall–Kier alpha value is -1.68. The summed E-state index contributed by atoms with van der Waals surface area (Å²) in [5.74, 6) is 0. The highest BCUT2D eigenvalue weighted by Crippen LogP contribution is 2.27. The lowest BCUT2D eigenvalue weighted by Crippen LogP contribution is -2.11. The second-order valence-corrected chi connectivity index (χ2v) is 3.03. The molecule has 2 aromatic rings. The first-order chi connectivity index (χ1) is 6.45. The number of hydrogen-bond acceptors (Lipinski definition) is 4. The van der Waals surface area contributed by atoms with E-state index in [0.29, 0.717) is 0 Å². The predicted octanol–water partition coefficient (Wildman–Crippen LogP) is 1.06. The molecule has 0 unspecified atom stereocenters. The Kier molecular flexibility index (Phi) is 1.26. The topological polar surface area (TPSA) is 49.8 Å². The zero-order valence-corrected chi connectivity index (χ0v) is 6.91. The van der Waals surface area contributed by atoms with E-state index >= 15 is 0 Å². The van der Waals surface area contributed by atoms with E-state index in [1.54, 1.807) is 6.33 Å². The molecule has 0 aliphatic carbocycles. The van der Waals surface area contributed by atoms with Gasteiger partial charge in [-0.3, -0.25) is 0 Å². The second-order valence-electron chi connectivity index (χ2n) is 3.03. The Morgan fingerprint density at radius 2 is 2.31 bits per heavy atom. The van der Waals surface area contributed by atoms with Crippen molar-refractivity contribution >= 4 is 16.6 Å². The van der Waals surface area contributed by atoms with Crippen LogP contribution in [0.5, 0.6) is 0 Å². The fourth-order valence-corrected chi connectivity index (χ4v) is 1.62. The van der Waals surface area contributed by atoms with Crippen LogP contribution in [0.2, 0.25) is 0 Å². The van der Waals surface area contributed by atoms with Crippen molar-refractivity contribution in [1.29, 1.82) is 0 Å². The zero-order chi connectivity index (χ0) is 8.67. The lowest BCUT2D eigenvalue weighted by Gasteiger charge is -2.02. The molecule has 2 N–H and O–H groups in total. The van der Waals surface area contributed by atoms with Crippen molar-refractivity contribution in [1.82, 2.24) is 15.4 Å². The summed E-state index contributed by atoms with van der Waals surface area (Å²) in [5, 5.41) is 1.07. The zero-order valence-electron chi connectivity index (χ0n) is 6.91. The van der Waals surface area contributed by atoms with Crippen LogP contribution >= 0.6 is 0 Å². The van der Waals surface area contributed by atoms with Crippen LogP contribution < -0.4 is 10.9 Å². The molecule has 0 atom stereocenters. The quantitative estimate of drug-likeness (QED) is 0.623. The minimum Gasteiger partial charge on any atom is -0.320 e. The lowest BCUT2D eigenvalue weighted by molar-refractivity contribution is 0.860. The van der Waals surface area contributed by atoms with Crippen LogP contribution in [0.25, 0.3) is 10.9 Å². The second kappa shape index (κ2) is 2.40. The van der Waals surface area contributed by atoms with Crippen molar-refractivity contribution in [3.63, 3.8) is 0 Å². The van der Waals surface area contributed by atoms with Gasteiger partial charge in [0.05, 0.1) is 11.2 Å². The molecule has 0 radical (unpaired) electrons. The molecule has 0 fully saturated rings. The molecule has 0 bridgehead atoms. The normalized spacial score (nSPS) is 14.2. The van der Waals surface area contributed by atoms with Crippen LogP contribution in [0.4, 0.5) is 5.69 Å². The number of hydrazine groups is 1. The van der Waals surface area contributed by atoms with E-state index in [4.69, 9.17) is 0 Å². The minimum atomic E-state index is 0.861. The SMILES string of the molecule is c1ncc2c3c(ccc2n1)CNN3. The summed E-state index contributed by atoms with van der Waals surface area (Å²) in [5.41, 5.74) is 9.54. The van der Waals surface area contributed by atoms with Gasteiger partial charge in [-0.15, -0.1) is 0 Å². The first-order valence-corrected chi connectivity index (χ1v) is 4.15. The largest absolute Gasteiger partial charge is 0.320 e. The highest BCUT2D eigenvalue weighted by molar-refractivity contribution is 5.92. The molecule has 0 spiro atoms. The number of rotatable bonds is 0. The summed E-state index contributed by atoms with van der Waals surface area (Å²) in [6, 6.07) is 4.10. The molecule has 1 aliphatic heterocycles. The molecule has 4 heteroatoms. The van der Waals surface area contributed by atoms with Gasteiger partial charge >= 0.3 is 0 Å². The first kappa shape index (κ1) is 6.80. The number of anilines is 1. The van der Waals surface area contributed by atoms with Gasteiger partial charge in [-0.05, 0) is 11.6 Å². The predicted molar refractivity (Wildman–Crippen MR) is 50.0 cm³/mol. The van der Waals surface area contributed by atoms with Crippen molar-refractivity contribution in [3.8, 4) is 0 Å². The van der Waals surface area contributed by atoms with Crippen molar-refractivity contribution < 1.29 is 0 Å². The van der Waals surface area contributed by atoms with Crippen LogP contribution in [-0.4, -0.2) is 9.97 Å². The number of hydrogen-bond donors (Lipinski definition) is 2. The van der Waals surface area contributed by atoms with Crippen molar-refractivity contribution in [2.45, 2.75) is 6.54 Å². The van der Waals surface area contributed by atoms with Gasteiger partial charge in [0.15, 0.2) is 0 Å². The van der Waals surface area contributed by atoms with E-state index in [1.165, 1.54) is 5.56 Å². The molecule has 0 amide bonds. The van der Waals surface area contributed by atoms with Crippen LogP contribution in [-0.2, 0) is 6.54 Å². The minimum absolute atomic E-state index is 0.861. The lowest BCUT2D eigenvalue weighted by atomic mass is 10.1. The van der Waals surface area contributed by atoms with E-state index in [-0.39, 0.29) is 0 Å². The molecule has 1 aliphatic rings. The van der Waals surface area contributed by atoms with Crippen molar-refractivity contribution in [2.24, 2.45) is 0 Å². The summed E-state index contributed by atoms with van der Waals surface area (Å²) < 4.78 is 0. The van der Waals surface area contributed by atoms with Gasteiger partial charge in [0.2, 0.25) is 0 Å². The maximum absolute atomic E-state index is 4.18. The third-order valence-corrected chi connectivity index (χ3v) is 2.27. The van der Waals surface area contributed by atoms with Gasteiger partial charge in [0.25, 0.3) is 0 Å². The molecule has 13 heavy (non-hydrogen) atoms. The van der Waals surface area contributed by atoms with Crippen LogP contribution in [0, 0.1) is 0 Å². The van der Waals surface area contributed by atoms with Gasteiger partial charge in [0.1, 0.15) is 6.33 Å². The molecule has 64 valence electrons. The molecular formula is C9H8N4. The van der Waals surface area contributed by atoms with Gasteiger partial charge in [-0.25, -0.2) is 15.4 Å². The maximum atomic E-state index is 4.18. The van der Waals surface area contributed by atoms with Crippen LogP contribution in [0.15, 0.2) is 24.7 Å². The summed E-state index contributed by atoms with van der Waals surface area (Å²) in [7, 11) is 0. The highest BCUT2D eigenvalue weighted by atomic mass is 15.4. The molecule has 1 aromatic heterocycles. The number of nitrogens with zero attached hydrogens (tertiary/aromatic N) is 2. The van der Waals surface area contributed by atoms with Gasteiger partial charge in [-0.2, -0.15) is 0 Å². The van der Waals surface area contributed by atoms with E-state index in [1.807, 2.05) is 12.3 Å². The van der Waals surface area contributed by atoms with Crippen LogP contribution in [0.3, 0.4) is 0 Å². The highest BCUT2D eigenvalue weighted by Gasteiger charge is 2.12. The first-order valence-electron chi connectivity index (χ1n) is 4.15. The Labute approximate surface area is 75.0 Å². The molecular weight excluding hydrogens is 164 g/mol. The number of aromatic nitrogens is 2. The Morgan fingerprint density at radius 1 is 1.31 bits per heavy atom. The summed E-state index contributed by atoms with van der Waals surface area (Å²) in [6.07, 6.45) is 3.40. The molecule has 4 nitrogen and oxygen atoms in total. The molecule has 3 rings (SSSR count).